The van der Waals surface area contributed by atoms with Crippen molar-refractivity contribution in [3.8, 4) is 0 Å². The van der Waals surface area contributed by atoms with Gasteiger partial charge >= 0.3 is 5.97 Å². The molecular weight excluding hydrogens is 156 g/mol. The second kappa shape index (κ2) is 5.69. The third kappa shape index (κ3) is 8.83. The van der Waals surface area contributed by atoms with Gasteiger partial charge in [-0.2, -0.15) is 0 Å². The summed E-state index contributed by atoms with van der Waals surface area (Å²) in [6.07, 6.45) is 0.833. The topological polar surface area (TPSA) is 37.3 Å². The quantitative estimate of drug-likeness (QED) is 0.428. The summed E-state index contributed by atoms with van der Waals surface area (Å²) in [5.74, 6) is -0.981. The van der Waals surface area contributed by atoms with Gasteiger partial charge in [-0.15, -0.1) is 0 Å². The molecule has 2 nitrogen and oxygen atoms in total. The van der Waals surface area contributed by atoms with E-state index in [2.05, 4.69) is 6.58 Å². The molecule has 0 saturated carbocycles. The molecule has 0 unspecified atom stereocenters. The van der Waals surface area contributed by atoms with Gasteiger partial charge in [0, 0.05) is 51.6 Å². The standard InChI is InChI=1S/C3H4O2.Sr/c1-2-3(4)5;/h2H,1H2,(H,4,5);. The molecule has 0 amide bonds. The summed E-state index contributed by atoms with van der Waals surface area (Å²) in [6.45, 7) is 2.96. The van der Waals surface area contributed by atoms with Crippen molar-refractivity contribution >= 4 is 51.5 Å². The average Bonchev–Trinajstić information content (AvgIpc) is 1.38. The summed E-state index contributed by atoms with van der Waals surface area (Å²) >= 11 is 0. The van der Waals surface area contributed by atoms with Crippen LogP contribution in [-0.2, 0) is 4.79 Å². The first-order chi connectivity index (χ1) is 2.27. The van der Waals surface area contributed by atoms with E-state index < -0.39 is 5.97 Å². The van der Waals surface area contributed by atoms with Crippen molar-refractivity contribution in [2.75, 3.05) is 0 Å². The van der Waals surface area contributed by atoms with Crippen LogP contribution in [0.25, 0.3) is 0 Å². The van der Waals surface area contributed by atoms with E-state index in [1.54, 1.807) is 0 Å². The Morgan fingerprint density at radius 3 is 2.00 bits per heavy atom. The molecule has 0 aromatic rings. The number of aliphatic carboxylic acids is 1. The van der Waals surface area contributed by atoms with E-state index in [0.717, 1.165) is 6.08 Å². The molecule has 0 aliphatic rings. The van der Waals surface area contributed by atoms with Crippen LogP contribution < -0.4 is 0 Å². The van der Waals surface area contributed by atoms with E-state index in [4.69, 9.17) is 5.11 Å². The van der Waals surface area contributed by atoms with Crippen LogP contribution in [0.2, 0.25) is 0 Å². The van der Waals surface area contributed by atoms with E-state index >= 15 is 0 Å². The van der Waals surface area contributed by atoms with Crippen molar-refractivity contribution < 1.29 is 9.90 Å². The molecule has 0 spiro atoms. The van der Waals surface area contributed by atoms with Gasteiger partial charge in [0.05, 0.1) is 0 Å². The van der Waals surface area contributed by atoms with Crippen LogP contribution in [-0.4, -0.2) is 56.6 Å². The van der Waals surface area contributed by atoms with Crippen molar-refractivity contribution in [2.45, 2.75) is 0 Å². The maximum atomic E-state index is 9.25. The molecule has 2 radical (unpaired) electrons. The van der Waals surface area contributed by atoms with Crippen molar-refractivity contribution in [3.05, 3.63) is 12.7 Å². The summed E-state index contributed by atoms with van der Waals surface area (Å²) in [4.78, 5) is 9.25. The zero-order valence-electron chi connectivity index (χ0n) is 3.35. The van der Waals surface area contributed by atoms with Crippen molar-refractivity contribution in [1.82, 2.24) is 0 Å². The molecule has 1 N–H and O–H groups in total. The van der Waals surface area contributed by atoms with Crippen LogP contribution in [0.1, 0.15) is 0 Å². The fourth-order valence-corrected chi connectivity index (χ4v) is 0. The monoisotopic (exact) mass is 160 g/mol. The molecular formula is C3H4O2Sr. The van der Waals surface area contributed by atoms with E-state index in [-0.39, 0.29) is 45.5 Å². The van der Waals surface area contributed by atoms with Crippen molar-refractivity contribution in [1.29, 1.82) is 0 Å². The van der Waals surface area contributed by atoms with Gasteiger partial charge in [0.15, 0.2) is 0 Å². The van der Waals surface area contributed by atoms with Gasteiger partial charge in [-0.1, -0.05) is 6.58 Å². The van der Waals surface area contributed by atoms with E-state index in [1.807, 2.05) is 0 Å². The fraction of sp³-hybridized carbons (Fsp3) is 0. The largest absolute Gasteiger partial charge is 0.478 e. The van der Waals surface area contributed by atoms with Crippen LogP contribution in [0.3, 0.4) is 0 Å². The van der Waals surface area contributed by atoms with Crippen LogP contribution in [0.5, 0.6) is 0 Å². The first kappa shape index (κ1) is 9.85. The minimum Gasteiger partial charge on any atom is -0.478 e. The first-order valence-corrected chi connectivity index (χ1v) is 1.12. The summed E-state index contributed by atoms with van der Waals surface area (Å²) in [5.41, 5.74) is 0. The predicted molar refractivity (Wildman–Crippen MR) is 23.6 cm³/mol. The van der Waals surface area contributed by atoms with E-state index in [1.165, 1.54) is 0 Å². The number of rotatable bonds is 1. The Kier molecular flexibility index (Phi) is 9.34. The Labute approximate surface area is 73.1 Å². The smallest absolute Gasteiger partial charge is 0.327 e. The van der Waals surface area contributed by atoms with Gasteiger partial charge in [0.25, 0.3) is 0 Å². The molecule has 30 valence electrons. The van der Waals surface area contributed by atoms with Gasteiger partial charge in [-0.05, 0) is 0 Å². The Bertz CT molecular complexity index is 59.8. The zero-order valence-corrected chi connectivity index (χ0v) is 6.82. The van der Waals surface area contributed by atoms with Gasteiger partial charge in [0.1, 0.15) is 0 Å². The molecule has 0 aromatic heterocycles. The normalized spacial score (nSPS) is 5.33. The maximum Gasteiger partial charge on any atom is 0.327 e. The van der Waals surface area contributed by atoms with Crippen LogP contribution >= 0.6 is 0 Å². The zero-order chi connectivity index (χ0) is 4.28. The number of carbonyl (C=O) groups is 1. The molecule has 0 aliphatic heterocycles. The molecule has 0 fully saturated rings. The van der Waals surface area contributed by atoms with Crippen LogP contribution in [0.4, 0.5) is 0 Å². The molecule has 6 heavy (non-hydrogen) atoms. The number of hydrogen-bond donors (Lipinski definition) is 1. The minimum atomic E-state index is -0.981. The van der Waals surface area contributed by atoms with Gasteiger partial charge in [-0.25, -0.2) is 4.79 Å². The Balaban J connectivity index is 0. The van der Waals surface area contributed by atoms with Crippen molar-refractivity contribution in [2.24, 2.45) is 0 Å². The molecule has 0 aliphatic carbocycles. The van der Waals surface area contributed by atoms with Crippen molar-refractivity contribution in [3.63, 3.8) is 0 Å². The number of carboxylic acids is 1. The molecule has 0 rings (SSSR count). The molecule has 0 heterocycles. The second-order valence-electron chi connectivity index (χ2n) is 0.542. The Hall–Kier alpha value is 0.691. The van der Waals surface area contributed by atoms with Gasteiger partial charge in [0.2, 0.25) is 0 Å². The molecule has 3 heteroatoms. The maximum absolute atomic E-state index is 9.25. The summed E-state index contributed by atoms with van der Waals surface area (Å²) in [6, 6.07) is 0. The Morgan fingerprint density at radius 2 is 2.00 bits per heavy atom. The fourth-order valence-electron chi connectivity index (χ4n) is 0. The third-order valence-corrected chi connectivity index (χ3v) is 0.175. The second-order valence-corrected chi connectivity index (χ2v) is 0.542. The van der Waals surface area contributed by atoms with E-state index in [9.17, 15) is 4.79 Å². The molecule has 0 saturated heterocycles. The average molecular weight is 160 g/mol. The van der Waals surface area contributed by atoms with Gasteiger partial charge in [-0.3, -0.25) is 0 Å². The molecule has 0 aromatic carbocycles. The van der Waals surface area contributed by atoms with Gasteiger partial charge < -0.3 is 5.11 Å². The third-order valence-electron chi connectivity index (χ3n) is 0.175. The molecule has 0 bridgehead atoms. The minimum absolute atomic E-state index is 0. The van der Waals surface area contributed by atoms with E-state index in [0.29, 0.717) is 0 Å². The number of carboxylic acid groups (broad SMARTS) is 1. The SMILES string of the molecule is C=CC(=O)O.[Sr]. The predicted octanol–water partition coefficient (Wildman–Crippen LogP) is -0.124. The summed E-state index contributed by atoms with van der Waals surface area (Å²) in [5, 5.41) is 7.60. The summed E-state index contributed by atoms with van der Waals surface area (Å²) in [7, 11) is 0. The molecule has 0 atom stereocenters. The Morgan fingerprint density at radius 1 is 1.83 bits per heavy atom. The first-order valence-electron chi connectivity index (χ1n) is 1.12. The number of hydrogen-bond acceptors (Lipinski definition) is 1. The summed E-state index contributed by atoms with van der Waals surface area (Å²) < 4.78 is 0. The van der Waals surface area contributed by atoms with Crippen LogP contribution in [0.15, 0.2) is 12.7 Å². The van der Waals surface area contributed by atoms with Crippen LogP contribution in [0, 0.1) is 0 Å².